The van der Waals surface area contributed by atoms with E-state index in [1.165, 1.54) is 17.8 Å². The molecule has 4 nitrogen and oxygen atoms in total. The molecule has 1 fully saturated rings. The molecule has 1 aliphatic heterocycles. The molecule has 0 spiro atoms. The average Bonchev–Trinajstić information content (AvgIpc) is 2.74. The Morgan fingerprint density at radius 3 is 2.67 bits per heavy atom. The molecule has 0 unspecified atom stereocenters. The van der Waals surface area contributed by atoms with Gasteiger partial charge >= 0.3 is 12.2 Å². The van der Waals surface area contributed by atoms with Crippen LogP contribution in [-0.4, -0.2) is 35.7 Å². The van der Waals surface area contributed by atoms with Crippen molar-refractivity contribution in [3.8, 4) is 0 Å². The minimum Gasteiger partial charge on any atom is -0.329 e. The van der Waals surface area contributed by atoms with Gasteiger partial charge in [0.1, 0.15) is 0 Å². The molecule has 1 aliphatic rings. The number of thioether (sulfide) groups is 1. The zero-order valence-electron chi connectivity index (χ0n) is 10.9. The topological polar surface area (TPSA) is 49.4 Å². The molecule has 1 heterocycles. The summed E-state index contributed by atoms with van der Waals surface area (Å²) in [6.45, 7) is 0.269. The first-order valence-electron chi connectivity index (χ1n) is 6.20. The van der Waals surface area contributed by atoms with Crippen molar-refractivity contribution in [3.63, 3.8) is 0 Å². The first-order valence-corrected chi connectivity index (χ1v) is 7.35. The SMILES string of the molecule is O=C1CNC(=O)N1CCSCc1cccc(C(F)(F)F)c1. The van der Waals surface area contributed by atoms with Gasteiger partial charge in [0.25, 0.3) is 0 Å². The van der Waals surface area contributed by atoms with Crippen molar-refractivity contribution in [2.45, 2.75) is 11.9 Å². The Balaban J connectivity index is 1.81. The molecular formula is C13H13F3N2O2S. The van der Waals surface area contributed by atoms with Gasteiger partial charge in [0.05, 0.1) is 12.1 Å². The number of carbonyl (C=O) groups is 2. The third-order valence-corrected chi connectivity index (χ3v) is 3.93. The zero-order chi connectivity index (χ0) is 15.5. The molecule has 2 rings (SSSR count). The van der Waals surface area contributed by atoms with Crippen LogP contribution in [0.4, 0.5) is 18.0 Å². The fraction of sp³-hybridized carbons (Fsp3) is 0.385. The highest BCUT2D eigenvalue weighted by atomic mass is 32.2. The molecule has 1 aromatic carbocycles. The molecule has 1 aromatic rings. The van der Waals surface area contributed by atoms with Crippen LogP contribution in [-0.2, 0) is 16.7 Å². The predicted octanol–water partition coefficient (Wildman–Crippen LogP) is 2.49. The highest BCUT2D eigenvalue weighted by molar-refractivity contribution is 7.98. The highest BCUT2D eigenvalue weighted by Crippen LogP contribution is 2.30. The minimum absolute atomic E-state index is 0.0110. The smallest absolute Gasteiger partial charge is 0.329 e. The number of hydrogen-bond acceptors (Lipinski definition) is 3. The van der Waals surface area contributed by atoms with E-state index in [0.29, 0.717) is 17.1 Å². The number of amides is 3. The first-order chi connectivity index (χ1) is 9.88. The molecule has 1 saturated heterocycles. The lowest BCUT2D eigenvalue weighted by Crippen LogP contribution is -2.32. The molecule has 0 radical (unpaired) electrons. The molecule has 0 bridgehead atoms. The number of nitrogens with one attached hydrogen (secondary N) is 1. The van der Waals surface area contributed by atoms with Crippen LogP contribution in [0.2, 0.25) is 0 Å². The summed E-state index contributed by atoms with van der Waals surface area (Å²) >= 11 is 1.38. The Labute approximate surface area is 123 Å². The number of nitrogens with zero attached hydrogens (tertiary/aromatic N) is 1. The van der Waals surface area contributed by atoms with Crippen molar-refractivity contribution >= 4 is 23.7 Å². The Morgan fingerprint density at radius 1 is 1.29 bits per heavy atom. The fourth-order valence-corrected chi connectivity index (χ4v) is 2.74. The van der Waals surface area contributed by atoms with Crippen molar-refractivity contribution in [1.29, 1.82) is 0 Å². The van der Waals surface area contributed by atoms with Crippen molar-refractivity contribution in [1.82, 2.24) is 10.2 Å². The second-order valence-corrected chi connectivity index (χ2v) is 5.56. The van der Waals surface area contributed by atoms with Gasteiger partial charge in [0, 0.05) is 18.1 Å². The lowest BCUT2D eigenvalue weighted by Gasteiger charge is -2.12. The fourth-order valence-electron chi connectivity index (χ4n) is 1.86. The van der Waals surface area contributed by atoms with E-state index in [1.54, 1.807) is 6.07 Å². The van der Waals surface area contributed by atoms with E-state index in [2.05, 4.69) is 5.32 Å². The van der Waals surface area contributed by atoms with Crippen LogP contribution >= 0.6 is 11.8 Å². The summed E-state index contributed by atoms with van der Waals surface area (Å²) in [5.74, 6) is 0.600. The predicted molar refractivity (Wildman–Crippen MR) is 72.7 cm³/mol. The number of benzene rings is 1. The lowest BCUT2D eigenvalue weighted by molar-refractivity contribution is -0.137. The number of carbonyl (C=O) groups excluding carboxylic acids is 2. The van der Waals surface area contributed by atoms with Gasteiger partial charge in [-0.3, -0.25) is 9.69 Å². The molecule has 0 saturated carbocycles. The third kappa shape index (κ3) is 4.13. The van der Waals surface area contributed by atoms with E-state index in [1.807, 2.05) is 0 Å². The summed E-state index contributed by atoms with van der Waals surface area (Å²) in [6, 6.07) is 4.72. The van der Waals surface area contributed by atoms with Crippen molar-refractivity contribution in [3.05, 3.63) is 35.4 Å². The first kappa shape index (κ1) is 15.7. The quantitative estimate of drug-likeness (QED) is 0.670. The number of hydrogen-bond donors (Lipinski definition) is 1. The maximum atomic E-state index is 12.6. The van der Waals surface area contributed by atoms with Crippen LogP contribution in [0.3, 0.4) is 0 Å². The van der Waals surface area contributed by atoms with Crippen LogP contribution in [0, 0.1) is 0 Å². The maximum absolute atomic E-state index is 12.6. The van der Waals surface area contributed by atoms with E-state index in [9.17, 15) is 22.8 Å². The van der Waals surface area contributed by atoms with Gasteiger partial charge < -0.3 is 5.32 Å². The summed E-state index contributed by atoms with van der Waals surface area (Å²) in [7, 11) is 0. The van der Waals surface area contributed by atoms with Crippen molar-refractivity contribution in [2.24, 2.45) is 0 Å². The highest BCUT2D eigenvalue weighted by Gasteiger charge is 2.30. The molecule has 1 N–H and O–H groups in total. The standard InChI is InChI=1S/C13H13F3N2O2S/c14-13(15,16)10-3-1-2-9(6-10)8-21-5-4-18-11(19)7-17-12(18)20/h1-3,6H,4-5,7-8H2,(H,17,20). The van der Waals surface area contributed by atoms with Crippen LogP contribution in [0.15, 0.2) is 24.3 Å². The maximum Gasteiger partial charge on any atom is 0.416 e. The molecule has 0 aromatic heterocycles. The number of urea groups is 1. The lowest BCUT2D eigenvalue weighted by atomic mass is 10.1. The largest absolute Gasteiger partial charge is 0.416 e. The number of alkyl halides is 3. The average molecular weight is 318 g/mol. The molecule has 8 heteroatoms. The Morgan fingerprint density at radius 2 is 2.05 bits per heavy atom. The molecule has 114 valence electrons. The Kier molecular flexibility index (Phi) is 4.76. The zero-order valence-corrected chi connectivity index (χ0v) is 11.8. The minimum atomic E-state index is -4.35. The van der Waals surface area contributed by atoms with E-state index < -0.39 is 17.8 Å². The van der Waals surface area contributed by atoms with Gasteiger partial charge in [-0.1, -0.05) is 18.2 Å². The molecule has 21 heavy (non-hydrogen) atoms. The van der Waals surface area contributed by atoms with Crippen LogP contribution in [0.25, 0.3) is 0 Å². The summed E-state index contributed by atoms with van der Waals surface area (Å²) < 4.78 is 37.7. The Bertz CT molecular complexity index is 532. The molecule has 0 atom stereocenters. The van der Waals surface area contributed by atoms with Gasteiger partial charge in [0.15, 0.2) is 0 Å². The second-order valence-electron chi connectivity index (χ2n) is 4.45. The van der Waals surface area contributed by atoms with Crippen LogP contribution in [0.1, 0.15) is 11.1 Å². The van der Waals surface area contributed by atoms with Crippen LogP contribution in [0.5, 0.6) is 0 Å². The van der Waals surface area contributed by atoms with E-state index in [0.717, 1.165) is 17.0 Å². The van der Waals surface area contributed by atoms with E-state index in [-0.39, 0.29) is 19.0 Å². The van der Waals surface area contributed by atoms with Gasteiger partial charge in [0.2, 0.25) is 5.91 Å². The van der Waals surface area contributed by atoms with Crippen molar-refractivity contribution < 1.29 is 22.8 Å². The summed E-state index contributed by atoms with van der Waals surface area (Å²) in [5.41, 5.74) is -0.110. The number of imide groups is 1. The number of halogens is 3. The van der Waals surface area contributed by atoms with E-state index >= 15 is 0 Å². The van der Waals surface area contributed by atoms with E-state index in [4.69, 9.17) is 0 Å². The summed E-state index contributed by atoms with van der Waals surface area (Å²) in [6.07, 6.45) is -4.35. The summed E-state index contributed by atoms with van der Waals surface area (Å²) in [5, 5.41) is 2.41. The normalized spacial score (nSPS) is 15.5. The van der Waals surface area contributed by atoms with Gasteiger partial charge in [-0.05, 0) is 11.6 Å². The Hall–Kier alpha value is -1.70. The van der Waals surface area contributed by atoms with Gasteiger partial charge in [-0.25, -0.2) is 4.79 Å². The summed E-state index contributed by atoms with van der Waals surface area (Å²) in [4.78, 5) is 23.7. The molecule has 3 amide bonds. The molecule has 0 aliphatic carbocycles. The van der Waals surface area contributed by atoms with Gasteiger partial charge in [-0.2, -0.15) is 24.9 Å². The number of rotatable bonds is 5. The van der Waals surface area contributed by atoms with Crippen molar-refractivity contribution in [2.75, 3.05) is 18.8 Å². The van der Waals surface area contributed by atoms with Crippen LogP contribution < -0.4 is 5.32 Å². The monoisotopic (exact) mass is 318 g/mol. The third-order valence-electron chi connectivity index (χ3n) is 2.92. The molecular weight excluding hydrogens is 305 g/mol. The second kappa shape index (κ2) is 6.38. The van der Waals surface area contributed by atoms with Gasteiger partial charge in [-0.15, -0.1) is 0 Å².